The Morgan fingerprint density at radius 2 is 1.94 bits per heavy atom. The molecule has 3 nitrogen and oxygen atoms in total. The quantitative estimate of drug-likeness (QED) is 0.767. The van der Waals surface area contributed by atoms with Crippen molar-refractivity contribution < 1.29 is 9.53 Å². The summed E-state index contributed by atoms with van der Waals surface area (Å²) < 4.78 is 5.10. The lowest BCUT2D eigenvalue weighted by Gasteiger charge is -2.25. The monoisotopic (exact) mass is 251 g/mol. The molecule has 1 aromatic rings. The van der Waals surface area contributed by atoms with E-state index in [1.54, 1.807) is 6.20 Å². The summed E-state index contributed by atoms with van der Waals surface area (Å²) in [6.45, 7) is 12.0. The Hall–Kier alpha value is -1.38. The molecule has 0 amide bonds. The molecule has 1 unspecified atom stereocenters. The van der Waals surface area contributed by atoms with E-state index in [9.17, 15) is 4.79 Å². The highest BCUT2D eigenvalue weighted by Gasteiger charge is 2.36. The average molecular weight is 251 g/mol. The van der Waals surface area contributed by atoms with Gasteiger partial charge in [-0.25, -0.2) is 0 Å². The zero-order chi connectivity index (χ0) is 14.2. The number of esters is 1. The molecule has 1 heterocycles. The number of rotatable bonds is 4. The lowest BCUT2D eigenvalue weighted by molar-refractivity contribution is -0.149. The number of aryl methyl sites for hydroxylation is 1. The first kappa shape index (κ1) is 16.6. The molecule has 0 aliphatic rings. The third-order valence-electron chi connectivity index (χ3n) is 2.91. The maximum absolute atomic E-state index is 11.9. The number of ether oxygens (including phenoxy) is 1. The molecule has 1 atom stereocenters. The molecule has 0 aromatic carbocycles. The highest BCUT2D eigenvalue weighted by Crippen LogP contribution is 2.27. The number of hydrogen-bond donors (Lipinski definition) is 0. The summed E-state index contributed by atoms with van der Waals surface area (Å²) in [6, 6.07) is 3.87. The van der Waals surface area contributed by atoms with Crippen molar-refractivity contribution in [2.45, 2.75) is 53.4 Å². The lowest BCUT2D eigenvalue weighted by atomic mass is 9.83. The predicted octanol–water partition coefficient (Wildman–Crippen LogP) is 3.65. The van der Waals surface area contributed by atoms with Crippen molar-refractivity contribution in [2.75, 3.05) is 6.61 Å². The van der Waals surface area contributed by atoms with Crippen LogP contribution < -0.4 is 0 Å². The van der Waals surface area contributed by atoms with Crippen molar-refractivity contribution in [3.63, 3.8) is 0 Å². The van der Waals surface area contributed by atoms with Crippen LogP contribution in [0, 0.1) is 6.92 Å². The number of carbonyl (C=O) groups excluding carboxylic acids is 1. The first-order chi connectivity index (χ1) is 8.54. The minimum atomic E-state index is -0.635. The zero-order valence-corrected chi connectivity index (χ0v) is 12.4. The van der Waals surface area contributed by atoms with Crippen LogP contribution in [0.5, 0.6) is 0 Å². The lowest BCUT2D eigenvalue weighted by Crippen LogP contribution is -2.34. The van der Waals surface area contributed by atoms with Crippen LogP contribution in [0.25, 0.3) is 0 Å². The first-order valence-corrected chi connectivity index (χ1v) is 6.65. The molecule has 0 aliphatic carbocycles. The van der Waals surface area contributed by atoms with Crippen LogP contribution in [0.15, 0.2) is 18.3 Å². The smallest absolute Gasteiger partial charge is 0.317 e. The average Bonchev–Trinajstić information content (AvgIpc) is 2.41. The normalized spacial score (nSPS) is 13.0. The third-order valence-corrected chi connectivity index (χ3v) is 2.91. The van der Waals surface area contributed by atoms with E-state index in [0.717, 1.165) is 11.3 Å². The van der Waals surface area contributed by atoms with E-state index in [4.69, 9.17) is 4.74 Å². The summed E-state index contributed by atoms with van der Waals surface area (Å²) in [5.74, 6) is -0.200. The van der Waals surface area contributed by atoms with Crippen molar-refractivity contribution in [1.29, 1.82) is 0 Å². The van der Waals surface area contributed by atoms with Gasteiger partial charge in [0.15, 0.2) is 0 Å². The Bertz CT molecular complexity index is 359. The van der Waals surface area contributed by atoms with Crippen LogP contribution in [0.1, 0.15) is 52.3 Å². The van der Waals surface area contributed by atoms with E-state index in [-0.39, 0.29) is 5.97 Å². The van der Waals surface area contributed by atoms with Gasteiger partial charge in [0.25, 0.3) is 0 Å². The van der Waals surface area contributed by atoms with Crippen molar-refractivity contribution in [3.8, 4) is 0 Å². The summed E-state index contributed by atoms with van der Waals surface area (Å²) in [5, 5.41) is 0. The summed E-state index contributed by atoms with van der Waals surface area (Å²) in [7, 11) is 0. The number of pyridine rings is 1. The van der Waals surface area contributed by atoms with Gasteiger partial charge in [-0.15, -0.1) is 0 Å². The van der Waals surface area contributed by atoms with Crippen LogP contribution in [-0.4, -0.2) is 17.6 Å². The standard InChI is InChI=1S/C13H19NO2.C2H6/c1-5-13(4,12(15)16-6-2)11-8-7-10(3)9-14-11;1-2/h7-9H,5-6H2,1-4H3;1-2H3. The highest BCUT2D eigenvalue weighted by molar-refractivity contribution is 5.82. The van der Waals surface area contributed by atoms with E-state index in [1.165, 1.54) is 0 Å². The van der Waals surface area contributed by atoms with Gasteiger partial charge in [-0.1, -0.05) is 26.8 Å². The minimum absolute atomic E-state index is 0.200. The third kappa shape index (κ3) is 3.83. The largest absolute Gasteiger partial charge is 0.465 e. The molecule has 0 fully saturated rings. The second-order valence-corrected chi connectivity index (χ2v) is 4.13. The molecule has 1 rings (SSSR count). The van der Waals surface area contributed by atoms with Gasteiger partial charge >= 0.3 is 5.97 Å². The first-order valence-electron chi connectivity index (χ1n) is 6.65. The molecule has 0 saturated heterocycles. The van der Waals surface area contributed by atoms with Gasteiger partial charge in [0.05, 0.1) is 12.3 Å². The molecule has 0 aliphatic heterocycles. The second kappa shape index (κ2) is 7.85. The van der Waals surface area contributed by atoms with E-state index >= 15 is 0 Å². The molecular formula is C15H25NO2. The van der Waals surface area contributed by atoms with Crippen LogP contribution in [0.4, 0.5) is 0 Å². The fourth-order valence-corrected chi connectivity index (χ4v) is 1.51. The Morgan fingerprint density at radius 1 is 1.33 bits per heavy atom. The van der Waals surface area contributed by atoms with E-state index in [0.29, 0.717) is 13.0 Å². The predicted molar refractivity (Wildman–Crippen MR) is 74.6 cm³/mol. The van der Waals surface area contributed by atoms with Crippen molar-refractivity contribution in [1.82, 2.24) is 4.98 Å². The summed E-state index contributed by atoms with van der Waals surface area (Å²) in [6.07, 6.45) is 2.46. The summed E-state index contributed by atoms with van der Waals surface area (Å²) >= 11 is 0. The van der Waals surface area contributed by atoms with Gasteiger partial charge in [0, 0.05) is 6.20 Å². The van der Waals surface area contributed by atoms with Crippen LogP contribution in [0.2, 0.25) is 0 Å². The minimum Gasteiger partial charge on any atom is -0.465 e. The number of aromatic nitrogens is 1. The van der Waals surface area contributed by atoms with E-state index in [1.807, 2.05) is 53.7 Å². The fourth-order valence-electron chi connectivity index (χ4n) is 1.51. The summed E-state index contributed by atoms with van der Waals surface area (Å²) in [4.78, 5) is 16.2. The fraction of sp³-hybridized carbons (Fsp3) is 0.600. The Balaban J connectivity index is 0.00000137. The Morgan fingerprint density at radius 3 is 2.33 bits per heavy atom. The molecule has 0 bridgehead atoms. The molecule has 0 saturated carbocycles. The molecule has 0 radical (unpaired) electrons. The highest BCUT2D eigenvalue weighted by atomic mass is 16.5. The molecule has 3 heteroatoms. The van der Waals surface area contributed by atoms with Gasteiger partial charge in [-0.3, -0.25) is 9.78 Å². The van der Waals surface area contributed by atoms with Crippen LogP contribution in [-0.2, 0) is 14.9 Å². The van der Waals surface area contributed by atoms with Gasteiger partial charge in [-0.2, -0.15) is 0 Å². The van der Waals surface area contributed by atoms with Gasteiger partial charge in [-0.05, 0) is 38.8 Å². The van der Waals surface area contributed by atoms with E-state index < -0.39 is 5.41 Å². The van der Waals surface area contributed by atoms with Crippen LogP contribution >= 0.6 is 0 Å². The second-order valence-electron chi connectivity index (χ2n) is 4.13. The maximum atomic E-state index is 11.9. The number of nitrogens with zero attached hydrogens (tertiary/aromatic N) is 1. The Labute approximate surface area is 111 Å². The van der Waals surface area contributed by atoms with Crippen molar-refractivity contribution >= 4 is 5.97 Å². The molecule has 102 valence electrons. The van der Waals surface area contributed by atoms with Crippen molar-refractivity contribution in [3.05, 3.63) is 29.6 Å². The van der Waals surface area contributed by atoms with E-state index in [2.05, 4.69) is 4.98 Å². The molecule has 0 spiro atoms. The molecular weight excluding hydrogens is 226 g/mol. The topological polar surface area (TPSA) is 39.2 Å². The molecule has 1 aromatic heterocycles. The van der Waals surface area contributed by atoms with Crippen molar-refractivity contribution in [2.24, 2.45) is 0 Å². The van der Waals surface area contributed by atoms with Gasteiger partial charge in [0.1, 0.15) is 5.41 Å². The summed E-state index contributed by atoms with van der Waals surface area (Å²) in [5.41, 5.74) is 1.23. The van der Waals surface area contributed by atoms with Gasteiger partial charge in [0.2, 0.25) is 0 Å². The number of hydrogen-bond acceptors (Lipinski definition) is 3. The molecule has 0 N–H and O–H groups in total. The van der Waals surface area contributed by atoms with Gasteiger partial charge < -0.3 is 4.74 Å². The maximum Gasteiger partial charge on any atom is 0.317 e. The van der Waals surface area contributed by atoms with Crippen LogP contribution in [0.3, 0.4) is 0 Å². The molecule has 18 heavy (non-hydrogen) atoms. The number of carbonyl (C=O) groups is 1. The SMILES string of the molecule is CC.CCOC(=O)C(C)(CC)c1ccc(C)cn1. The zero-order valence-electron chi connectivity index (χ0n) is 12.4. The Kier molecular flexibility index (Phi) is 7.25.